The number of halogens is 1. The van der Waals surface area contributed by atoms with Gasteiger partial charge in [-0.3, -0.25) is 4.79 Å². The summed E-state index contributed by atoms with van der Waals surface area (Å²) in [7, 11) is 0. The van der Waals surface area contributed by atoms with Crippen LogP contribution in [0.25, 0.3) is 0 Å². The van der Waals surface area contributed by atoms with Gasteiger partial charge in [-0.05, 0) is 60.2 Å². The molecule has 0 bridgehead atoms. The molecule has 1 heterocycles. The number of aliphatic hydroxyl groups is 1. The predicted octanol–water partition coefficient (Wildman–Crippen LogP) is 3.28. The van der Waals surface area contributed by atoms with Crippen molar-refractivity contribution < 1.29 is 9.90 Å². The third-order valence-electron chi connectivity index (χ3n) is 3.73. The molecule has 1 aromatic rings. The van der Waals surface area contributed by atoms with E-state index < -0.39 is 0 Å². The molecule has 1 aromatic heterocycles. The molecule has 3 nitrogen and oxygen atoms in total. The van der Waals surface area contributed by atoms with Gasteiger partial charge in [0.05, 0.1) is 15.8 Å². The van der Waals surface area contributed by atoms with Crippen LogP contribution in [0.3, 0.4) is 0 Å². The maximum atomic E-state index is 12.1. The van der Waals surface area contributed by atoms with E-state index in [1.54, 1.807) is 11.3 Å². The molecule has 1 fully saturated rings. The molecule has 2 N–H and O–H groups in total. The fourth-order valence-electron chi connectivity index (χ4n) is 2.54. The number of thiophene rings is 1. The smallest absolute Gasteiger partial charge is 0.228 e. The molecule has 0 aromatic carbocycles. The van der Waals surface area contributed by atoms with Crippen LogP contribution in [0.5, 0.6) is 0 Å². The molecule has 1 aliphatic rings. The Labute approximate surface area is 126 Å². The number of hydrogen-bond acceptors (Lipinski definition) is 3. The first-order valence-electron chi connectivity index (χ1n) is 6.77. The summed E-state index contributed by atoms with van der Waals surface area (Å²) >= 11 is 5.02. The zero-order valence-corrected chi connectivity index (χ0v) is 13.5. The minimum absolute atomic E-state index is 0.0782. The summed E-state index contributed by atoms with van der Waals surface area (Å²) in [6, 6.07) is 3.96. The van der Waals surface area contributed by atoms with Gasteiger partial charge in [0, 0.05) is 11.4 Å². The molecule has 19 heavy (non-hydrogen) atoms. The van der Waals surface area contributed by atoms with Crippen LogP contribution < -0.4 is 5.32 Å². The molecule has 0 saturated heterocycles. The minimum atomic E-state index is -0.179. The van der Waals surface area contributed by atoms with Crippen LogP contribution in [-0.4, -0.2) is 23.7 Å². The maximum absolute atomic E-state index is 12.1. The van der Waals surface area contributed by atoms with E-state index in [0.29, 0.717) is 12.5 Å². The normalized spacial score (nSPS) is 25.0. The van der Waals surface area contributed by atoms with Crippen molar-refractivity contribution >= 4 is 33.2 Å². The van der Waals surface area contributed by atoms with Crippen LogP contribution in [0, 0.1) is 5.92 Å². The molecule has 1 amide bonds. The lowest BCUT2D eigenvalue weighted by Gasteiger charge is -2.26. The number of amides is 1. The second-order valence-electron chi connectivity index (χ2n) is 5.30. The number of carbonyl (C=O) groups excluding carboxylic acids is 1. The van der Waals surface area contributed by atoms with Gasteiger partial charge in [-0.15, -0.1) is 11.3 Å². The summed E-state index contributed by atoms with van der Waals surface area (Å²) in [5.41, 5.74) is 0. The summed E-state index contributed by atoms with van der Waals surface area (Å²) in [6.07, 6.45) is 3.72. The van der Waals surface area contributed by atoms with Gasteiger partial charge in [-0.1, -0.05) is 6.42 Å². The molecule has 0 spiro atoms. The molecule has 106 valence electrons. The van der Waals surface area contributed by atoms with E-state index in [1.807, 2.05) is 19.1 Å². The summed E-state index contributed by atoms with van der Waals surface area (Å²) < 4.78 is 1.05. The summed E-state index contributed by atoms with van der Waals surface area (Å²) in [6.45, 7) is 2.62. The van der Waals surface area contributed by atoms with Gasteiger partial charge in [0.15, 0.2) is 0 Å². The van der Waals surface area contributed by atoms with Crippen molar-refractivity contribution in [1.29, 1.82) is 0 Å². The van der Waals surface area contributed by atoms with E-state index in [4.69, 9.17) is 0 Å². The zero-order chi connectivity index (χ0) is 13.8. The molecular weight excluding hydrogens is 326 g/mol. The molecule has 1 saturated carbocycles. The average Bonchev–Trinajstić information content (AvgIpc) is 2.82. The van der Waals surface area contributed by atoms with Crippen LogP contribution in [0.1, 0.15) is 43.4 Å². The van der Waals surface area contributed by atoms with E-state index in [2.05, 4.69) is 21.2 Å². The fraction of sp³-hybridized carbons (Fsp3) is 0.643. The van der Waals surface area contributed by atoms with E-state index >= 15 is 0 Å². The average molecular weight is 346 g/mol. The monoisotopic (exact) mass is 345 g/mol. The summed E-state index contributed by atoms with van der Waals surface area (Å²) in [4.78, 5) is 13.2. The van der Waals surface area contributed by atoms with Gasteiger partial charge in [-0.25, -0.2) is 0 Å². The first-order chi connectivity index (χ1) is 9.06. The number of carbonyl (C=O) groups is 1. The Kier molecular flexibility index (Phi) is 5.42. The first-order valence-corrected chi connectivity index (χ1v) is 8.38. The Hall–Kier alpha value is -0.390. The van der Waals surface area contributed by atoms with E-state index in [1.165, 1.54) is 0 Å². The van der Waals surface area contributed by atoms with Crippen LogP contribution in [0.15, 0.2) is 15.9 Å². The van der Waals surface area contributed by atoms with Gasteiger partial charge < -0.3 is 10.4 Å². The van der Waals surface area contributed by atoms with Gasteiger partial charge >= 0.3 is 0 Å². The second-order valence-corrected chi connectivity index (χ2v) is 7.79. The summed E-state index contributed by atoms with van der Waals surface area (Å²) in [5.74, 6) is 0.397. The Balaban J connectivity index is 1.80. The Bertz CT molecular complexity index is 435. The van der Waals surface area contributed by atoms with E-state index in [0.717, 1.165) is 34.3 Å². The molecule has 2 rings (SSSR count). The Morgan fingerprint density at radius 3 is 3.00 bits per heavy atom. The highest BCUT2D eigenvalue weighted by molar-refractivity contribution is 9.11. The van der Waals surface area contributed by atoms with Crippen molar-refractivity contribution in [2.24, 2.45) is 5.92 Å². The van der Waals surface area contributed by atoms with Gasteiger partial charge in [-0.2, -0.15) is 0 Å². The standard InChI is InChI=1S/C14H20BrNO2S/c1-9(12-5-6-13(15)19-12)14(18)16-8-10-3-2-4-11(17)7-10/h5-6,9-11,17H,2-4,7-8H2,1H3,(H,16,18). The van der Waals surface area contributed by atoms with Gasteiger partial charge in [0.1, 0.15) is 0 Å². The van der Waals surface area contributed by atoms with Crippen molar-refractivity contribution in [3.05, 3.63) is 20.8 Å². The van der Waals surface area contributed by atoms with Crippen LogP contribution in [0.2, 0.25) is 0 Å². The fourth-order valence-corrected chi connectivity index (χ4v) is 4.01. The predicted molar refractivity (Wildman–Crippen MR) is 81.4 cm³/mol. The molecule has 0 radical (unpaired) electrons. The zero-order valence-electron chi connectivity index (χ0n) is 11.1. The Morgan fingerprint density at radius 2 is 2.37 bits per heavy atom. The number of rotatable bonds is 4. The quantitative estimate of drug-likeness (QED) is 0.879. The van der Waals surface area contributed by atoms with Crippen LogP contribution >= 0.6 is 27.3 Å². The van der Waals surface area contributed by atoms with Crippen molar-refractivity contribution in [3.8, 4) is 0 Å². The SMILES string of the molecule is CC(C(=O)NCC1CCCC(O)C1)c1ccc(Br)s1. The van der Waals surface area contributed by atoms with Crippen molar-refractivity contribution in [2.45, 2.75) is 44.6 Å². The number of hydrogen-bond donors (Lipinski definition) is 2. The lowest BCUT2D eigenvalue weighted by Crippen LogP contribution is -2.34. The van der Waals surface area contributed by atoms with E-state index in [-0.39, 0.29) is 17.9 Å². The highest BCUT2D eigenvalue weighted by Crippen LogP contribution is 2.29. The highest BCUT2D eigenvalue weighted by Gasteiger charge is 2.22. The van der Waals surface area contributed by atoms with E-state index in [9.17, 15) is 9.90 Å². The molecular formula is C14H20BrNO2S. The maximum Gasteiger partial charge on any atom is 0.228 e. The third-order valence-corrected chi connectivity index (χ3v) is 5.54. The highest BCUT2D eigenvalue weighted by atomic mass is 79.9. The van der Waals surface area contributed by atoms with Gasteiger partial charge in [0.2, 0.25) is 5.91 Å². The second kappa shape index (κ2) is 6.86. The van der Waals surface area contributed by atoms with Gasteiger partial charge in [0.25, 0.3) is 0 Å². The molecule has 5 heteroatoms. The van der Waals surface area contributed by atoms with Crippen molar-refractivity contribution in [3.63, 3.8) is 0 Å². The largest absolute Gasteiger partial charge is 0.393 e. The third kappa shape index (κ3) is 4.29. The minimum Gasteiger partial charge on any atom is -0.393 e. The summed E-state index contributed by atoms with van der Waals surface area (Å²) in [5, 5.41) is 12.6. The lowest BCUT2D eigenvalue weighted by atomic mass is 9.87. The van der Waals surface area contributed by atoms with Crippen LogP contribution in [0.4, 0.5) is 0 Å². The van der Waals surface area contributed by atoms with Crippen molar-refractivity contribution in [2.75, 3.05) is 6.54 Å². The number of nitrogens with one attached hydrogen (secondary N) is 1. The lowest BCUT2D eigenvalue weighted by molar-refractivity contribution is -0.122. The molecule has 1 aliphatic carbocycles. The molecule has 0 aliphatic heterocycles. The van der Waals surface area contributed by atoms with Crippen LogP contribution in [-0.2, 0) is 4.79 Å². The van der Waals surface area contributed by atoms with Crippen molar-refractivity contribution in [1.82, 2.24) is 5.32 Å². The molecule has 3 atom stereocenters. The first kappa shape index (κ1) is 15.0. The molecule has 3 unspecified atom stereocenters. The number of aliphatic hydroxyl groups excluding tert-OH is 1. The topological polar surface area (TPSA) is 49.3 Å². The Morgan fingerprint density at radius 1 is 1.58 bits per heavy atom.